The van der Waals surface area contributed by atoms with E-state index in [1.807, 2.05) is 45.3 Å². The summed E-state index contributed by atoms with van der Waals surface area (Å²) in [6.45, 7) is 12.1. The summed E-state index contributed by atoms with van der Waals surface area (Å²) in [4.78, 5) is 9.18. The molecular weight excluding hydrogens is 458 g/mol. The summed E-state index contributed by atoms with van der Waals surface area (Å²) >= 11 is 6.48. The van der Waals surface area contributed by atoms with E-state index in [1.165, 1.54) is 24.0 Å². The molecule has 2 aromatic rings. The Morgan fingerprint density at radius 2 is 1.91 bits per heavy atom. The number of rotatable bonds is 4. The average Bonchev–Trinajstić information content (AvgIpc) is 2.87. The number of benzene rings is 1. The Bertz CT molecular complexity index is 1030. The van der Waals surface area contributed by atoms with E-state index in [2.05, 4.69) is 45.7 Å². The molecular formula is C28H38ClN5O. The minimum atomic E-state index is -0.170. The molecule has 4 bridgehead atoms. The lowest BCUT2D eigenvalue weighted by atomic mass is 9.99. The number of piperidine rings is 1. The van der Waals surface area contributed by atoms with Gasteiger partial charge in [-0.1, -0.05) is 23.8 Å². The largest absolute Gasteiger partial charge is 0.493 e. The summed E-state index contributed by atoms with van der Waals surface area (Å²) < 4.78 is 6.32. The first kappa shape index (κ1) is 26.8. The molecule has 0 aliphatic carbocycles. The van der Waals surface area contributed by atoms with Crippen LogP contribution in [0.5, 0.6) is 5.75 Å². The lowest BCUT2D eigenvalue weighted by Crippen LogP contribution is -2.30. The van der Waals surface area contributed by atoms with Gasteiger partial charge in [0, 0.05) is 11.9 Å². The van der Waals surface area contributed by atoms with Crippen LogP contribution in [-0.2, 0) is 12.8 Å². The molecule has 1 aromatic carbocycles. The Kier molecular flexibility index (Phi) is 10.6. The third kappa shape index (κ3) is 8.41. The van der Waals surface area contributed by atoms with Gasteiger partial charge in [0.2, 0.25) is 0 Å². The molecule has 1 saturated heterocycles. The van der Waals surface area contributed by atoms with Crippen molar-refractivity contribution in [1.29, 1.82) is 0 Å². The van der Waals surface area contributed by atoms with E-state index in [4.69, 9.17) is 21.3 Å². The predicted molar refractivity (Wildman–Crippen MR) is 149 cm³/mol. The van der Waals surface area contributed by atoms with Crippen LogP contribution in [0, 0.1) is 5.92 Å². The Labute approximate surface area is 214 Å². The van der Waals surface area contributed by atoms with Crippen LogP contribution < -0.4 is 20.7 Å². The summed E-state index contributed by atoms with van der Waals surface area (Å²) in [6.07, 6.45) is 11.3. The number of ether oxygens (including phenoxy) is 1. The highest BCUT2D eigenvalue weighted by Crippen LogP contribution is 2.27. The zero-order valence-electron chi connectivity index (χ0n) is 21.1. The lowest BCUT2D eigenvalue weighted by Gasteiger charge is -2.23. The number of nitrogens with one attached hydrogen (secondary N) is 3. The van der Waals surface area contributed by atoms with Crippen LogP contribution in [0.25, 0.3) is 0 Å². The number of nitrogens with zero attached hydrogens (tertiary/aromatic N) is 2. The smallest absolute Gasteiger partial charge is 0.146 e. The highest BCUT2D eigenvalue weighted by molar-refractivity contribution is 6.44. The third-order valence-electron chi connectivity index (χ3n) is 5.91. The number of allylic oxidation sites excluding steroid dienone is 2. The van der Waals surface area contributed by atoms with Gasteiger partial charge in [-0.05, 0) is 101 Å². The van der Waals surface area contributed by atoms with Gasteiger partial charge < -0.3 is 20.7 Å². The minimum Gasteiger partial charge on any atom is -0.493 e. The topological polar surface area (TPSA) is 70.6 Å². The van der Waals surface area contributed by atoms with Crippen molar-refractivity contribution < 1.29 is 4.74 Å². The summed E-state index contributed by atoms with van der Waals surface area (Å²) in [5, 5.41) is 10.8. The SMILES string of the molecule is C/C=C(Cl)\C1=N/C(C)Nc2cncc(c2)CCc2cc(ccc2OCC2CCNCC2)N1.C=CC. The number of aliphatic imine (C=N–C) groups is 1. The van der Waals surface area contributed by atoms with Gasteiger partial charge >= 0.3 is 0 Å². The molecule has 0 radical (unpaired) electrons. The summed E-state index contributed by atoms with van der Waals surface area (Å²) in [5.74, 6) is 2.19. The van der Waals surface area contributed by atoms with Crippen molar-refractivity contribution >= 4 is 28.8 Å². The van der Waals surface area contributed by atoms with Gasteiger partial charge in [0.05, 0.1) is 23.5 Å². The van der Waals surface area contributed by atoms with Crippen molar-refractivity contribution in [2.75, 3.05) is 30.3 Å². The predicted octanol–water partition coefficient (Wildman–Crippen LogP) is 6.16. The highest BCUT2D eigenvalue weighted by atomic mass is 35.5. The van der Waals surface area contributed by atoms with Crippen molar-refractivity contribution in [3.05, 3.63) is 71.5 Å². The van der Waals surface area contributed by atoms with Gasteiger partial charge in [0.1, 0.15) is 17.8 Å². The third-order valence-corrected chi connectivity index (χ3v) is 6.31. The van der Waals surface area contributed by atoms with Gasteiger partial charge in [-0.15, -0.1) is 6.58 Å². The molecule has 1 aromatic heterocycles. The zero-order valence-corrected chi connectivity index (χ0v) is 21.9. The maximum Gasteiger partial charge on any atom is 0.146 e. The summed E-state index contributed by atoms with van der Waals surface area (Å²) in [5.41, 5.74) is 4.25. The molecule has 1 unspecified atom stereocenters. The molecule has 3 heterocycles. The Morgan fingerprint density at radius 3 is 2.66 bits per heavy atom. The summed E-state index contributed by atoms with van der Waals surface area (Å²) in [7, 11) is 0. The molecule has 7 heteroatoms. The van der Waals surface area contributed by atoms with Crippen LogP contribution in [0.3, 0.4) is 0 Å². The Balaban J connectivity index is 0.00000108. The number of fused-ring (bicyclic) bond motifs is 4. The lowest BCUT2D eigenvalue weighted by molar-refractivity contribution is 0.213. The average molecular weight is 496 g/mol. The van der Waals surface area contributed by atoms with E-state index < -0.39 is 0 Å². The van der Waals surface area contributed by atoms with E-state index >= 15 is 0 Å². The quantitative estimate of drug-likeness (QED) is 0.443. The van der Waals surface area contributed by atoms with Crippen LogP contribution in [-0.4, -0.2) is 36.7 Å². The van der Waals surface area contributed by atoms with Gasteiger partial charge in [-0.2, -0.15) is 0 Å². The first-order valence-electron chi connectivity index (χ1n) is 12.4. The van der Waals surface area contributed by atoms with Crippen molar-refractivity contribution in [2.45, 2.75) is 52.6 Å². The number of pyridine rings is 1. The molecule has 3 N–H and O–H groups in total. The highest BCUT2D eigenvalue weighted by Gasteiger charge is 2.16. The van der Waals surface area contributed by atoms with Crippen molar-refractivity contribution in [3.8, 4) is 5.75 Å². The Hall–Kier alpha value is -2.83. The number of aryl methyl sites for hydroxylation is 2. The zero-order chi connectivity index (χ0) is 25.0. The number of aromatic nitrogens is 1. The van der Waals surface area contributed by atoms with Crippen LogP contribution in [0.15, 0.2) is 65.4 Å². The van der Waals surface area contributed by atoms with E-state index in [0.29, 0.717) is 16.8 Å². The van der Waals surface area contributed by atoms with Gasteiger partial charge in [0.25, 0.3) is 0 Å². The first-order chi connectivity index (χ1) is 17.0. The van der Waals surface area contributed by atoms with E-state index in [-0.39, 0.29) is 6.17 Å². The second-order valence-electron chi connectivity index (χ2n) is 8.88. The van der Waals surface area contributed by atoms with Crippen LogP contribution in [0.2, 0.25) is 0 Å². The fourth-order valence-corrected chi connectivity index (χ4v) is 4.22. The number of hydrogen-bond donors (Lipinski definition) is 3. The molecule has 1 fully saturated rings. The molecule has 0 spiro atoms. The van der Waals surface area contributed by atoms with E-state index in [1.54, 1.807) is 6.08 Å². The second kappa shape index (κ2) is 13.9. The van der Waals surface area contributed by atoms with Crippen LogP contribution in [0.1, 0.15) is 44.7 Å². The van der Waals surface area contributed by atoms with Crippen LogP contribution in [0.4, 0.5) is 11.4 Å². The van der Waals surface area contributed by atoms with Crippen molar-refractivity contribution in [3.63, 3.8) is 0 Å². The molecule has 0 amide bonds. The normalized spacial score (nSPS) is 20.2. The van der Waals surface area contributed by atoms with Crippen LogP contribution >= 0.6 is 11.6 Å². The van der Waals surface area contributed by atoms with Crippen molar-refractivity contribution in [1.82, 2.24) is 10.3 Å². The number of hydrogen-bond acceptors (Lipinski definition) is 6. The Morgan fingerprint density at radius 1 is 1.14 bits per heavy atom. The number of halogens is 1. The monoisotopic (exact) mass is 495 g/mol. The first-order valence-corrected chi connectivity index (χ1v) is 12.8. The van der Waals surface area contributed by atoms with E-state index in [9.17, 15) is 0 Å². The molecule has 1 atom stereocenters. The fraction of sp³-hybridized carbons (Fsp3) is 0.429. The molecule has 188 valence electrons. The van der Waals surface area contributed by atoms with Gasteiger partial charge in [0.15, 0.2) is 0 Å². The van der Waals surface area contributed by atoms with E-state index in [0.717, 1.165) is 49.7 Å². The fourth-order valence-electron chi connectivity index (χ4n) is 4.13. The molecule has 2 aliphatic rings. The number of anilines is 2. The minimum absolute atomic E-state index is 0.170. The standard InChI is InChI=1S/C25H32ClN5O.C3H6/c1-3-23(26)25-30-17(2)29-22-12-19(14-28-15-22)4-5-20-13-21(31-25)6-7-24(20)32-16-18-8-10-27-11-9-18;1-3-2/h3,6-7,12-15,17-18,27,29H,4-5,8-11,16H2,1-2H3,(H,30,31);3H,1H2,2H3/b23-3+;. The molecule has 6 nitrogen and oxygen atoms in total. The molecule has 0 saturated carbocycles. The molecule has 2 aliphatic heterocycles. The molecule has 4 rings (SSSR count). The van der Waals surface area contributed by atoms with Gasteiger partial charge in [-0.25, -0.2) is 4.99 Å². The second-order valence-corrected chi connectivity index (χ2v) is 9.28. The van der Waals surface area contributed by atoms with Crippen molar-refractivity contribution in [2.24, 2.45) is 10.9 Å². The summed E-state index contributed by atoms with van der Waals surface area (Å²) in [6, 6.07) is 8.40. The van der Waals surface area contributed by atoms with Gasteiger partial charge in [-0.3, -0.25) is 4.98 Å². The maximum absolute atomic E-state index is 6.48. The maximum atomic E-state index is 6.48. The molecule has 35 heavy (non-hydrogen) atoms. The number of amidine groups is 1.